The van der Waals surface area contributed by atoms with Crippen molar-refractivity contribution in [3.63, 3.8) is 0 Å². The molecule has 2 rings (SSSR count). The van der Waals surface area contributed by atoms with Crippen LogP contribution in [0.1, 0.15) is 27.2 Å². The van der Waals surface area contributed by atoms with E-state index in [-0.39, 0.29) is 24.0 Å². The van der Waals surface area contributed by atoms with Gasteiger partial charge in [0.2, 0.25) is 5.91 Å². The number of rotatable bonds is 1. The van der Waals surface area contributed by atoms with Gasteiger partial charge in [0, 0.05) is 25.0 Å². The number of hydrogen-bond acceptors (Lipinski definition) is 4. The van der Waals surface area contributed by atoms with E-state index in [9.17, 15) is 14.7 Å². The largest absolute Gasteiger partial charge is 0.444 e. The monoisotopic (exact) mass is 270 g/mol. The second-order valence-electron chi connectivity index (χ2n) is 6.47. The molecule has 108 valence electrons. The van der Waals surface area contributed by atoms with Crippen molar-refractivity contribution in [1.29, 1.82) is 0 Å². The summed E-state index contributed by atoms with van der Waals surface area (Å²) in [5.41, 5.74) is -0.851. The summed E-state index contributed by atoms with van der Waals surface area (Å²) in [6.45, 7) is 6.87. The van der Waals surface area contributed by atoms with Crippen molar-refractivity contribution in [3.8, 4) is 0 Å². The van der Waals surface area contributed by atoms with Gasteiger partial charge in [-0.3, -0.25) is 4.79 Å². The fourth-order valence-electron chi connectivity index (χ4n) is 2.87. The van der Waals surface area contributed by atoms with Crippen molar-refractivity contribution in [1.82, 2.24) is 10.2 Å². The van der Waals surface area contributed by atoms with E-state index in [1.165, 1.54) is 0 Å². The van der Waals surface area contributed by atoms with Crippen LogP contribution in [0.3, 0.4) is 0 Å². The Bertz CT molecular complexity index is 391. The average Bonchev–Trinajstić information content (AvgIpc) is 2.83. The third-order valence-electron chi connectivity index (χ3n) is 3.89. The van der Waals surface area contributed by atoms with Gasteiger partial charge in [0.25, 0.3) is 0 Å². The van der Waals surface area contributed by atoms with Crippen molar-refractivity contribution in [2.45, 2.75) is 32.8 Å². The standard InChI is InChI=1S/C13H22N2O4/c1-12(2,3)19-11(18)15-5-4-13(8-15)7-14-10(17)9(13)6-16/h9,16H,4-8H2,1-3H3,(H,14,17). The Morgan fingerprint density at radius 3 is 2.84 bits per heavy atom. The molecule has 0 bridgehead atoms. The lowest BCUT2D eigenvalue weighted by Crippen LogP contribution is -2.40. The molecule has 2 amide bonds. The molecule has 19 heavy (non-hydrogen) atoms. The van der Waals surface area contributed by atoms with Crippen LogP contribution in [0.2, 0.25) is 0 Å². The van der Waals surface area contributed by atoms with E-state index < -0.39 is 11.5 Å². The van der Waals surface area contributed by atoms with E-state index >= 15 is 0 Å². The summed E-state index contributed by atoms with van der Waals surface area (Å²) in [5.74, 6) is -0.534. The van der Waals surface area contributed by atoms with Crippen molar-refractivity contribution in [2.75, 3.05) is 26.2 Å². The molecule has 2 saturated heterocycles. The fraction of sp³-hybridized carbons (Fsp3) is 0.846. The summed E-state index contributed by atoms with van der Waals surface area (Å²) in [4.78, 5) is 25.3. The van der Waals surface area contributed by atoms with Gasteiger partial charge in [-0.1, -0.05) is 0 Å². The molecule has 0 aromatic heterocycles. The minimum atomic E-state index is -0.521. The Morgan fingerprint density at radius 1 is 1.58 bits per heavy atom. The molecular weight excluding hydrogens is 248 g/mol. The number of amides is 2. The number of carbonyl (C=O) groups is 2. The highest BCUT2D eigenvalue weighted by atomic mass is 16.6. The highest BCUT2D eigenvalue weighted by Gasteiger charge is 2.52. The van der Waals surface area contributed by atoms with Crippen LogP contribution in [0.4, 0.5) is 4.79 Å². The number of nitrogens with zero attached hydrogens (tertiary/aromatic N) is 1. The smallest absolute Gasteiger partial charge is 0.410 e. The quantitative estimate of drug-likeness (QED) is 0.720. The molecule has 2 fully saturated rings. The van der Waals surface area contributed by atoms with Crippen LogP contribution >= 0.6 is 0 Å². The van der Waals surface area contributed by atoms with Crippen molar-refractivity contribution >= 4 is 12.0 Å². The molecule has 2 aliphatic heterocycles. The van der Waals surface area contributed by atoms with Gasteiger partial charge in [-0.25, -0.2) is 4.79 Å². The van der Waals surface area contributed by atoms with E-state index in [0.717, 1.165) is 6.42 Å². The molecule has 6 heteroatoms. The lowest BCUT2D eigenvalue weighted by molar-refractivity contribution is -0.125. The molecule has 1 spiro atoms. The summed E-state index contributed by atoms with van der Waals surface area (Å²) in [7, 11) is 0. The number of nitrogens with one attached hydrogen (secondary N) is 1. The Labute approximate surface area is 113 Å². The number of likely N-dealkylation sites (tertiary alicyclic amines) is 1. The van der Waals surface area contributed by atoms with E-state index in [1.54, 1.807) is 4.90 Å². The van der Waals surface area contributed by atoms with Crippen molar-refractivity contribution < 1.29 is 19.4 Å². The zero-order valence-electron chi connectivity index (χ0n) is 11.7. The summed E-state index contributed by atoms with van der Waals surface area (Å²) < 4.78 is 5.34. The van der Waals surface area contributed by atoms with E-state index in [0.29, 0.717) is 19.6 Å². The SMILES string of the molecule is CC(C)(C)OC(=O)N1CCC2(CNC(=O)C2CO)C1. The first-order chi connectivity index (χ1) is 8.77. The van der Waals surface area contributed by atoms with Gasteiger partial charge < -0.3 is 20.1 Å². The molecule has 0 aliphatic carbocycles. The zero-order chi connectivity index (χ0) is 14.3. The number of ether oxygens (including phenoxy) is 1. The lowest BCUT2D eigenvalue weighted by atomic mass is 9.77. The normalized spacial score (nSPS) is 30.8. The number of hydrogen-bond donors (Lipinski definition) is 2. The third kappa shape index (κ3) is 2.68. The van der Waals surface area contributed by atoms with Crippen LogP contribution in [0.25, 0.3) is 0 Å². The Balaban J connectivity index is 2.04. The van der Waals surface area contributed by atoms with E-state index in [1.807, 2.05) is 20.8 Å². The molecular formula is C13H22N2O4. The molecule has 6 nitrogen and oxygen atoms in total. The molecule has 0 radical (unpaired) electrons. The molecule has 0 aromatic rings. The maximum absolute atomic E-state index is 12.0. The van der Waals surface area contributed by atoms with Crippen LogP contribution in [0, 0.1) is 11.3 Å². The number of aliphatic hydroxyl groups excluding tert-OH is 1. The van der Waals surface area contributed by atoms with Gasteiger partial charge in [-0.2, -0.15) is 0 Å². The van der Waals surface area contributed by atoms with Gasteiger partial charge in [0.1, 0.15) is 5.60 Å². The van der Waals surface area contributed by atoms with Gasteiger partial charge in [-0.05, 0) is 27.2 Å². The summed E-state index contributed by atoms with van der Waals surface area (Å²) in [5, 5.41) is 12.2. The lowest BCUT2D eigenvalue weighted by Gasteiger charge is -2.28. The summed E-state index contributed by atoms with van der Waals surface area (Å²) in [6.07, 6.45) is 0.372. The Hall–Kier alpha value is -1.30. The molecule has 2 aliphatic rings. The number of aliphatic hydroxyl groups is 1. The highest BCUT2D eigenvalue weighted by molar-refractivity contribution is 5.82. The Morgan fingerprint density at radius 2 is 2.26 bits per heavy atom. The van der Waals surface area contributed by atoms with E-state index in [2.05, 4.69) is 5.32 Å². The minimum Gasteiger partial charge on any atom is -0.444 e. The maximum atomic E-state index is 12.0. The van der Waals surface area contributed by atoms with Crippen LogP contribution in [-0.2, 0) is 9.53 Å². The molecule has 2 heterocycles. The predicted octanol–water partition coefficient (Wildman–Crippen LogP) is 0.352. The van der Waals surface area contributed by atoms with Gasteiger partial charge in [0.15, 0.2) is 0 Å². The van der Waals surface area contributed by atoms with Crippen molar-refractivity contribution in [3.05, 3.63) is 0 Å². The second kappa shape index (κ2) is 4.67. The summed E-state index contributed by atoms with van der Waals surface area (Å²) in [6, 6.07) is 0. The third-order valence-corrected chi connectivity index (χ3v) is 3.89. The molecule has 2 N–H and O–H groups in total. The van der Waals surface area contributed by atoms with Gasteiger partial charge in [0.05, 0.1) is 12.5 Å². The zero-order valence-corrected chi connectivity index (χ0v) is 11.7. The minimum absolute atomic E-state index is 0.117. The molecule has 2 unspecified atom stereocenters. The van der Waals surface area contributed by atoms with Crippen LogP contribution < -0.4 is 5.32 Å². The average molecular weight is 270 g/mol. The van der Waals surface area contributed by atoms with Crippen molar-refractivity contribution in [2.24, 2.45) is 11.3 Å². The van der Waals surface area contributed by atoms with E-state index in [4.69, 9.17) is 4.74 Å². The molecule has 0 aromatic carbocycles. The van der Waals surface area contributed by atoms with Gasteiger partial charge >= 0.3 is 6.09 Å². The first kappa shape index (κ1) is 14.1. The Kier molecular flexibility index (Phi) is 3.47. The van der Waals surface area contributed by atoms with Crippen LogP contribution in [-0.4, -0.2) is 53.8 Å². The predicted molar refractivity (Wildman–Crippen MR) is 68.4 cm³/mol. The first-order valence-corrected chi connectivity index (χ1v) is 6.64. The fourth-order valence-corrected chi connectivity index (χ4v) is 2.87. The maximum Gasteiger partial charge on any atom is 0.410 e. The molecule has 2 atom stereocenters. The molecule has 0 saturated carbocycles. The van der Waals surface area contributed by atoms with Gasteiger partial charge in [-0.15, -0.1) is 0 Å². The van der Waals surface area contributed by atoms with Crippen LogP contribution in [0.15, 0.2) is 0 Å². The topological polar surface area (TPSA) is 78.9 Å². The van der Waals surface area contributed by atoms with Crippen LogP contribution in [0.5, 0.6) is 0 Å². The highest BCUT2D eigenvalue weighted by Crippen LogP contribution is 2.41. The first-order valence-electron chi connectivity index (χ1n) is 6.64. The summed E-state index contributed by atoms with van der Waals surface area (Å²) >= 11 is 0. The number of carbonyl (C=O) groups excluding carboxylic acids is 2. The second-order valence-corrected chi connectivity index (χ2v) is 6.47.